The fraction of sp³-hybridized carbons (Fsp3) is 0.803. The van der Waals surface area contributed by atoms with E-state index in [-0.39, 0.29) is 51.5 Å². The zero-order chi connectivity index (χ0) is 50.0. The predicted molar refractivity (Wildman–Crippen MR) is 282 cm³/mol. The molecule has 4 fully saturated rings. The Morgan fingerprint density at radius 1 is 0.667 bits per heavy atom. The smallest absolute Gasteiger partial charge is 0.165 e. The van der Waals surface area contributed by atoms with Crippen molar-refractivity contribution >= 4 is 0 Å². The summed E-state index contributed by atoms with van der Waals surface area (Å²) in [6.07, 6.45) is 11.6. The Kier molecular flexibility index (Phi) is 15.4. The third kappa shape index (κ3) is 8.77. The highest BCUT2D eigenvalue weighted by Gasteiger charge is 2.70. The average Bonchev–Trinajstić information content (AvgIpc) is 4.28. The summed E-state index contributed by atoms with van der Waals surface area (Å²) >= 11 is 0. The van der Waals surface area contributed by atoms with Gasteiger partial charge >= 0.3 is 0 Å². The molecule has 8 aliphatic rings. The Hall–Kier alpha value is -2.52. The number of benzene rings is 2. The Morgan fingerprint density at radius 3 is 1.58 bits per heavy atom. The Morgan fingerprint density at radius 2 is 1.14 bits per heavy atom. The number of methoxy groups -OCH3 is 2. The Labute approximate surface area is 420 Å². The van der Waals surface area contributed by atoms with Crippen LogP contribution >= 0.6 is 0 Å². The van der Waals surface area contributed by atoms with Gasteiger partial charge < -0.3 is 39.1 Å². The highest BCUT2D eigenvalue weighted by atomic mass is 16.6. The summed E-state index contributed by atoms with van der Waals surface area (Å²) in [6, 6.07) is 9.88. The van der Waals surface area contributed by atoms with Gasteiger partial charge in [-0.3, -0.25) is 0 Å². The molecular weight excluding hydrogens is 857 g/mol. The lowest BCUT2D eigenvalue weighted by Gasteiger charge is -2.61. The number of hydrogen-bond acceptors (Lipinski definition) is 8. The van der Waals surface area contributed by atoms with E-state index in [4.69, 9.17) is 28.4 Å². The van der Waals surface area contributed by atoms with Crippen LogP contribution in [0.3, 0.4) is 0 Å². The van der Waals surface area contributed by atoms with Crippen molar-refractivity contribution in [1.29, 1.82) is 0 Å². The molecule has 69 heavy (non-hydrogen) atoms. The summed E-state index contributed by atoms with van der Waals surface area (Å²) in [5.74, 6) is 7.42. The van der Waals surface area contributed by atoms with Crippen LogP contribution in [0, 0.1) is 57.7 Å². The molecule has 2 N–H and O–H groups in total. The van der Waals surface area contributed by atoms with Gasteiger partial charge in [0.15, 0.2) is 23.0 Å². The number of hydrogen-bond donors (Lipinski definition) is 2. The van der Waals surface area contributed by atoms with Gasteiger partial charge in [0.2, 0.25) is 0 Å². The monoisotopic (exact) mass is 955 g/mol. The van der Waals surface area contributed by atoms with Crippen LogP contribution in [-0.2, 0) is 33.1 Å². The minimum atomic E-state index is -0.150. The maximum absolute atomic E-state index is 7.41. The van der Waals surface area contributed by atoms with Crippen molar-refractivity contribution in [2.75, 3.05) is 40.5 Å². The van der Waals surface area contributed by atoms with Gasteiger partial charge in [-0.2, -0.15) is 0 Å². The second kappa shape index (κ2) is 20.1. The summed E-state index contributed by atoms with van der Waals surface area (Å²) < 4.78 is 41.7. The van der Waals surface area contributed by atoms with Gasteiger partial charge in [-0.05, 0) is 153 Å². The van der Waals surface area contributed by atoms with Gasteiger partial charge in [-0.25, -0.2) is 0 Å². The zero-order valence-electron chi connectivity index (χ0n) is 46.7. The van der Waals surface area contributed by atoms with E-state index < -0.39 is 0 Å². The van der Waals surface area contributed by atoms with E-state index in [1.807, 2.05) is 41.9 Å². The van der Waals surface area contributed by atoms with Crippen LogP contribution in [0.15, 0.2) is 24.3 Å². The highest BCUT2D eigenvalue weighted by Crippen LogP contribution is 2.68. The molecule has 8 heteroatoms. The number of rotatable bonds is 17. The molecule has 0 saturated heterocycles. The molecule has 6 aliphatic carbocycles. The topological polar surface area (TPSA) is 79.4 Å². The van der Waals surface area contributed by atoms with Crippen molar-refractivity contribution in [1.82, 2.24) is 10.6 Å². The van der Waals surface area contributed by atoms with E-state index in [0.29, 0.717) is 54.9 Å². The second-order valence-corrected chi connectivity index (χ2v) is 25.2. The van der Waals surface area contributed by atoms with Crippen LogP contribution in [0.1, 0.15) is 177 Å². The fourth-order valence-corrected chi connectivity index (χ4v) is 15.6. The second-order valence-electron chi connectivity index (χ2n) is 25.2. The zero-order valence-corrected chi connectivity index (χ0v) is 46.7. The van der Waals surface area contributed by atoms with Crippen molar-refractivity contribution < 1.29 is 28.4 Å². The van der Waals surface area contributed by atoms with Crippen molar-refractivity contribution in [3.8, 4) is 23.0 Å². The first-order valence-electron chi connectivity index (χ1n) is 28.4. The molecule has 0 aromatic heterocycles. The Bertz CT molecular complexity index is 2080. The summed E-state index contributed by atoms with van der Waals surface area (Å²) in [6.45, 7) is 37.6. The molecule has 2 aromatic rings. The van der Waals surface area contributed by atoms with Crippen LogP contribution in [0.4, 0.5) is 0 Å². The van der Waals surface area contributed by atoms with Crippen molar-refractivity contribution in [2.45, 2.75) is 215 Å². The largest absolute Gasteiger partial charge is 0.486 e. The van der Waals surface area contributed by atoms with E-state index in [2.05, 4.69) is 111 Å². The van der Waals surface area contributed by atoms with E-state index in [1.165, 1.54) is 47.9 Å². The van der Waals surface area contributed by atoms with Gasteiger partial charge in [0, 0.05) is 53.7 Å². The normalized spacial score (nSPS) is 35.5. The van der Waals surface area contributed by atoms with E-state index >= 15 is 0 Å². The third-order valence-corrected chi connectivity index (χ3v) is 20.2. The van der Waals surface area contributed by atoms with Gasteiger partial charge in [0.05, 0.1) is 6.10 Å². The SMILES string of the molecule is CC.CC.CCC12c3c4ccc(OCCOc5ccc6c7c5O[C@H]5[C@H](OC)C([C@@H](C)C(C)(C)C)CC([C@H](NCC8CC8)C6)[C@@]75CC)c3O[C@H]1[C@H](OC)[C@@](C)([C@@H](C)C(C)(C)C)CC2[C@H](NCC1CC1)C4. The molecule has 388 valence electrons. The van der Waals surface area contributed by atoms with Crippen molar-refractivity contribution in [3.05, 3.63) is 46.5 Å². The molecule has 0 bridgehead atoms. The van der Waals surface area contributed by atoms with Crippen LogP contribution in [-0.4, -0.2) is 77.0 Å². The van der Waals surface area contributed by atoms with E-state index in [0.717, 1.165) is 86.4 Å². The molecule has 8 nitrogen and oxygen atoms in total. The molecule has 2 aromatic carbocycles. The molecule has 10 rings (SSSR count). The molecule has 4 unspecified atom stereocenters. The summed E-state index contributed by atoms with van der Waals surface area (Å²) in [5, 5.41) is 8.31. The lowest BCUT2D eigenvalue weighted by Crippen LogP contribution is -2.68. The maximum atomic E-state index is 7.41. The van der Waals surface area contributed by atoms with E-state index in [1.54, 1.807) is 0 Å². The minimum Gasteiger partial charge on any atom is -0.486 e. The minimum absolute atomic E-state index is 0.00200. The summed E-state index contributed by atoms with van der Waals surface area (Å²) in [5.41, 5.74) is 5.56. The van der Waals surface area contributed by atoms with Crippen LogP contribution in [0.25, 0.3) is 0 Å². The molecule has 0 spiro atoms. The molecule has 0 amide bonds. The lowest BCUT2D eigenvalue weighted by atomic mass is 9.45. The molecule has 14 atom stereocenters. The number of nitrogens with one attached hydrogen (secondary N) is 2. The summed E-state index contributed by atoms with van der Waals surface area (Å²) in [7, 11) is 3.84. The highest BCUT2D eigenvalue weighted by molar-refractivity contribution is 5.62. The number of ether oxygens (including phenoxy) is 6. The van der Waals surface area contributed by atoms with Gasteiger partial charge in [0.1, 0.15) is 31.5 Å². The van der Waals surface area contributed by atoms with Crippen molar-refractivity contribution in [3.63, 3.8) is 0 Å². The van der Waals surface area contributed by atoms with Crippen LogP contribution in [0.5, 0.6) is 23.0 Å². The maximum Gasteiger partial charge on any atom is 0.165 e. The first kappa shape index (κ1) is 52.8. The lowest BCUT2D eigenvalue weighted by molar-refractivity contribution is -0.180. The third-order valence-electron chi connectivity index (χ3n) is 20.2. The molecule has 0 radical (unpaired) electrons. The average molecular weight is 955 g/mol. The molecular formula is C61H98N2O6. The summed E-state index contributed by atoms with van der Waals surface area (Å²) in [4.78, 5) is 0. The van der Waals surface area contributed by atoms with E-state index in [9.17, 15) is 0 Å². The Balaban J connectivity index is 0.00000156. The first-order chi connectivity index (χ1) is 33.0. The molecule has 4 saturated carbocycles. The van der Waals surface area contributed by atoms with Gasteiger partial charge in [0.25, 0.3) is 0 Å². The fourth-order valence-electron chi connectivity index (χ4n) is 15.6. The first-order valence-corrected chi connectivity index (χ1v) is 28.4. The van der Waals surface area contributed by atoms with Crippen LogP contribution in [0.2, 0.25) is 0 Å². The van der Waals surface area contributed by atoms with Gasteiger partial charge in [-0.15, -0.1) is 0 Å². The van der Waals surface area contributed by atoms with Crippen molar-refractivity contribution in [2.24, 2.45) is 57.7 Å². The predicted octanol–water partition coefficient (Wildman–Crippen LogP) is 12.9. The standard InChI is InChI=1S/C57H86N2O6.2C2H6/c1-14-56-39-28-38(32(3)53(5,6)7)47(60-12)50(56)64-48-43(22-20-36(45(48)56)26-41(39)58-30-34-16-17-34)62-24-25-63-44-23-21-37-27-42(59-31-35-18-19-35)40-29-55(11,33(4)54(8,9)10)51(61-13)52-57(40,15-2)46(37)49(44)65-52;2*1-2/h20-23,32-35,38-42,47,50-52,58-59H,14-19,24-31H2,1-13H3;2*1-2H3/t32-,33+,38?,39?,40?,41-,42-,47-,50+,51+,52+,55-,56+,57?;;/m1../s1. The van der Waals surface area contributed by atoms with Crippen LogP contribution < -0.4 is 29.6 Å². The quantitative estimate of drug-likeness (QED) is 0.152. The molecule has 2 aliphatic heterocycles. The van der Waals surface area contributed by atoms with Gasteiger partial charge in [-0.1, -0.05) is 116 Å². The molecule has 2 heterocycles.